The number of carboxylic acid groups (broad SMARTS) is 1. The third kappa shape index (κ3) is 4.57. The number of hydrogen-bond donors (Lipinski definition) is 1. The summed E-state index contributed by atoms with van der Waals surface area (Å²) in [5, 5.41) is 8.74. The Balaban J connectivity index is 2.45. The van der Waals surface area contributed by atoms with Crippen LogP contribution < -0.4 is 0 Å². The molecule has 1 unspecified atom stereocenters. The van der Waals surface area contributed by atoms with Gasteiger partial charge in [0.2, 0.25) is 0 Å². The second-order valence-corrected chi connectivity index (χ2v) is 4.60. The van der Waals surface area contributed by atoms with Crippen molar-refractivity contribution in [3.05, 3.63) is 35.4 Å². The van der Waals surface area contributed by atoms with Gasteiger partial charge in [-0.1, -0.05) is 24.3 Å². The van der Waals surface area contributed by atoms with Gasteiger partial charge in [-0.3, -0.25) is 4.79 Å². The first-order valence-corrected chi connectivity index (χ1v) is 5.97. The van der Waals surface area contributed by atoms with E-state index in [-0.39, 0.29) is 12.5 Å². The van der Waals surface area contributed by atoms with Gasteiger partial charge in [0.05, 0.1) is 6.42 Å². The average Bonchev–Trinajstić information content (AvgIpc) is 2.26. The molecule has 1 rings (SSSR count). The highest BCUT2D eigenvalue weighted by Crippen LogP contribution is 2.09. The molecule has 0 spiro atoms. The van der Waals surface area contributed by atoms with Gasteiger partial charge in [-0.2, -0.15) is 0 Å². The maximum absolute atomic E-state index is 10.6. The molecule has 0 radical (unpaired) electrons. The summed E-state index contributed by atoms with van der Waals surface area (Å²) in [5.74, 6) is -0.736. The Labute approximate surface area is 103 Å². The molecule has 0 fully saturated rings. The molecule has 0 saturated carbocycles. The van der Waals surface area contributed by atoms with E-state index < -0.39 is 5.97 Å². The van der Waals surface area contributed by atoms with Crippen LogP contribution in [-0.2, 0) is 11.2 Å². The Bertz CT molecular complexity index is 376. The maximum Gasteiger partial charge on any atom is 0.304 e. The minimum Gasteiger partial charge on any atom is -0.481 e. The molecule has 94 valence electrons. The summed E-state index contributed by atoms with van der Waals surface area (Å²) in [6.45, 7) is 4.95. The first kappa shape index (κ1) is 13.7. The third-order valence-corrected chi connectivity index (χ3v) is 3.22. The second kappa shape index (κ2) is 6.40. The van der Waals surface area contributed by atoms with E-state index in [1.807, 2.05) is 26.1 Å². The highest BCUT2D eigenvalue weighted by atomic mass is 16.4. The standard InChI is InChI=1S/C14H21NO2/c1-11-6-4-5-7-13(11)8-9-15(3)12(2)10-14(16)17/h4-7,12H,8-10H2,1-3H3,(H,16,17). The molecule has 0 aliphatic rings. The molecule has 1 atom stereocenters. The molecule has 1 aromatic rings. The quantitative estimate of drug-likeness (QED) is 0.822. The molecular weight excluding hydrogens is 214 g/mol. The summed E-state index contributed by atoms with van der Waals surface area (Å²) in [5.41, 5.74) is 2.63. The van der Waals surface area contributed by atoms with Gasteiger partial charge >= 0.3 is 5.97 Å². The molecule has 1 aromatic carbocycles. The van der Waals surface area contributed by atoms with Crippen molar-refractivity contribution in [2.24, 2.45) is 0 Å². The molecule has 0 amide bonds. The third-order valence-electron chi connectivity index (χ3n) is 3.22. The minimum atomic E-state index is -0.736. The van der Waals surface area contributed by atoms with Crippen LogP contribution in [0.4, 0.5) is 0 Å². The van der Waals surface area contributed by atoms with Crippen LogP contribution in [0.2, 0.25) is 0 Å². The number of carboxylic acids is 1. The zero-order chi connectivity index (χ0) is 12.8. The molecule has 1 N–H and O–H groups in total. The van der Waals surface area contributed by atoms with Crippen LogP contribution in [0.25, 0.3) is 0 Å². The summed E-state index contributed by atoms with van der Waals surface area (Å²) < 4.78 is 0. The van der Waals surface area contributed by atoms with Crippen molar-refractivity contribution >= 4 is 5.97 Å². The Morgan fingerprint density at radius 3 is 2.65 bits per heavy atom. The number of aliphatic carboxylic acids is 1. The van der Waals surface area contributed by atoms with Crippen molar-refractivity contribution in [1.82, 2.24) is 4.90 Å². The van der Waals surface area contributed by atoms with E-state index in [1.165, 1.54) is 11.1 Å². The van der Waals surface area contributed by atoms with Gasteiger partial charge in [0.25, 0.3) is 0 Å². The molecule has 0 aliphatic heterocycles. The van der Waals surface area contributed by atoms with Gasteiger partial charge in [0.1, 0.15) is 0 Å². The van der Waals surface area contributed by atoms with Crippen LogP contribution in [-0.4, -0.2) is 35.6 Å². The molecule has 3 nitrogen and oxygen atoms in total. The zero-order valence-corrected chi connectivity index (χ0v) is 10.8. The second-order valence-electron chi connectivity index (χ2n) is 4.60. The Hall–Kier alpha value is -1.35. The first-order chi connectivity index (χ1) is 8.00. The number of nitrogens with zero attached hydrogens (tertiary/aromatic N) is 1. The van der Waals surface area contributed by atoms with Crippen LogP contribution in [0.5, 0.6) is 0 Å². The van der Waals surface area contributed by atoms with Crippen LogP contribution in [0.3, 0.4) is 0 Å². The van der Waals surface area contributed by atoms with E-state index in [9.17, 15) is 4.79 Å². The molecule has 0 aliphatic carbocycles. The van der Waals surface area contributed by atoms with Crippen molar-refractivity contribution in [2.75, 3.05) is 13.6 Å². The number of likely N-dealkylation sites (N-methyl/N-ethyl adjacent to an activating group) is 1. The summed E-state index contributed by atoms with van der Waals surface area (Å²) >= 11 is 0. The number of rotatable bonds is 6. The monoisotopic (exact) mass is 235 g/mol. The molecule has 0 aromatic heterocycles. The van der Waals surface area contributed by atoms with Gasteiger partial charge in [-0.25, -0.2) is 0 Å². The minimum absolute atomic E-state index is 0.0801. The normalized spacial score (nSPS) is 12.7. The topological polar surface area (TPSA) is 40.5 Å². The fraction of sp³-hybridized carbons (Fsp3) is 0.500. The molecule has 0 bridgehead atoms. The highest BCUT2D eigenvalue weighted by molar-refractivity contribution is 5.67. The van der Waals surface area contributed by atoms with Gasteiger partial charge < -0.3 is 10.0 Å². The van der Waals surface area contributed by atoms with E-state index >= 15 is 0 Å². The summed E-state index contributed by atoms with van der Waals surface area (Å²) in [4.78, 5) is 12.7. The predicted octanol–water partition coefficient (Wildman–Crippen LogP) is 2.33. The lowest BCUT2D eigenvalue weighted by Gasteiger charge is -2.23. The van der Waals surface area contributed by atoms with E-state index in [0.29, 0.717) is 0 Å². The fourth-order valence-corrected chi connectivity index (χ4v) is 1.82. The van der Waals surface area contributed by atoms with Crippen molar-refractivity contribution in [3.63, 3.8) is 0 Å². The lowest BCUT2D eigenvalue weighted by Crippen LogP contribution is -2.32. The van der Waals surface area contributed by atoms with Crippen LogP contribution >= 0.6 is 0 Å². The SMILES string of the molecule is Cc1ccccc1CCN(C)C(C)CC(=O)O. The maximum atomic E-state index is 10.6. The number of hydrogen-bond acceptors (Lipinski definition) is 2. The lowest BCUT2D eigenvalue weighted by atomic mass is 10.1. The van der Waals surface area contributed by atoms with E-state index in [0.717, 1.165) is 13.0 Å². The molecule has 3 heteroatoms. The Morgan fingerprint density at radius 1 is 1.41 bits per heavy atom. The predicted molar refractivity (Wildman–Crippen MR) is 69.2 cm³/mol. The lowest BCUT2D eigenvalue weighted by molar-refractivity contribution is -0.138. The summed E-state index contributed by atoms with van der Waals surface area (Å²) in [6, 6.07) is 8.40. The molecular formula is C14H21NO2. The van der Waals surface area contributed by atoms with Gasteiger partial charge in [0.15, 0.2) is 0 Å². The Kier molecular flexibility index (Phi) is 5.16. The van der Waals surface area contributed by atoms with Gasteiger partial charge in [-0.05, 0) is 38.4 Å². The summed E-state index contributed by atoms with van der Waals surface area (Å²) in [7, 11) is 1.98. The molecule has 0 heterocycles. The van der Waals surface area contributed by atoms with Gasteiger partial charge in [-0.15, -0.1) is 0 Å². The van der Waals surface area contributed by atoms with Crippen LogP contribution in [0, 0.1) is 6.92 Å². The zero-order valence-electron chi connectivity index (χ0n) is 10.8. The molecule has 0 saturated heterocycles. The smallest absolute Gasteiger partial charge is 0.304 e. The number of aryl methyl sites for hydroxylation is 1. The molecule has 17 heavy (non-hydrogen) atoms. The van der Waals surface area contributed by atoms with Crippen molar-refractivity contribution < 1.29 is 9.90 Å². The van der Waals surface area contributed by atoms with Crippen molar-refractivity contribution in [2.45, 2.75) is 32.7 Å². The fourth-order valence-electron chi connectivity index (χ4n) is 1.82. The van der Waals surface area contributed by atoms with Crippen LogP contribution in [0.1, 0.15) is 24.5 Å². The average molecular weight is 235 g/mol. The summed E-state index contributed by atoms with van der Waals surface area (Å²) in [6.07, 6.45) is 1.16. The van der Waals surface area contributed by atoms with Gasteiger partial charge in [0, 0.05) is 12.6 Å². The van der Waals surface area contributed by atoms with E-state index in [4.69, 9.17) is 5.11 Å². The van der Waals surface area contributed by atoms with E-state index in [2.05, 4.69) is 24.0 Å². The van der Waals surface area contributed by atoms with Crippen molar-refractivity contribution in [1.29, 1.82) is 0 Å². The van der Waals surface area contributed by atoms with Crippen LogP contribution in [0.15, 0.2) is 24.3 Å². The highest BCUT2D eigenvalue weighted by Gasteiger charge is 2.12. The first-order valence-electron chi connectivity index (χ1n) is 5.97. The number of benzene rings is 1. The van der Waals surface area contributed by atoms with Crippen molar-refractivity contribution in [3.8, 4) is 0 Å². The largest absolute Gasteiger partial charge is 0.481 e. The number of carbonyl (C=O) groups is 1. The Morgan fingerprint density at radius 2 is 2.06 bits per heavy atom. The van der Waals surface area contributed by atoms with E-state index in [1.54, 1.807) is 0 Å².